The zero-order chi connectivity index (χ0) is 13.1. The molecule has 0 aliphatic carbocycles. The van der Waals surface area contributed by atoms with Crippen molar-refractivity contribution in [3.63, 3.8) is 0 Å². The number of hydrogen-bond acceptors (Lipinski definition) is 3. The van der Waals surface area contributed by atoms with Gasteiger partial charge in [-0.25, -0.2) is 0 Å². The standard InChI is InChI=1S/C14H26N4/c1-11-7-5-4-6-8-18(11)14(9-15)13-10-17(3)16-12(13)2/h10-11,14H,4-9,15H2,1-3H3. The highest BCUT2D eigenvalue weighted by atomic mass is 15.3. The minimum atomic E-state index is 0.326. The summed E-state index contributed by atoms with van der Waals surface area (Å²) in [7, 11) is 1.98. The third-order valence-electron chi connectivity index (χ3n) is 4.14. The first kappa shape index (κ1) is 13.6. The second-order valence-corrected chi connectivity index (χ2v) is 5.53. The van der Waals surface area contributed by atoms with Crippen LogP contribution < -0.4 is 5.73 Å². The van der Waals surface area contributed by atoms with Crippen LogP contribution in [0.15, 0.2) is 6.20 Å². The number of aromatic nitrogens is 2. The van der Waals surface area contributed by atoms with E-state index in [9.17, 15) is 0 Å². The van der Waals surface area contributed by atoms with Crippen LogP contribution >= 0.6 is 0 Å². The van der Waals surface area contributed by atoms with Crippen molar-refractivity contribution < 1.29 is 0 Å². The molecule has 18 heavy (non-hydrogen) atoms. The van der Waals surface area contributed by atoms with E-state index in [1.807, 2.05) is 11.7 Å². The topological polar surface area (TPSA) is 47.1 Å². The Morgan fingerprint density at radius 2 is 2.22 bits per heavy atom. The Morgan fingerprint density at radius 1 is 1.44 bits per heavy atom. The Kier molecular flexibility index (Phi) is 4.40. The monoisotopic (exact) mass is 250 g/mol. The first-order valence-electron chi connectivity index (χ1n) is 7.09. The van der Waals surface area contributed by atoms with Gasteiger partial charge in [0.05, 0.1) is 11.7 Å². The van der Waals surface area contributed by atoms with Crippen LogP contribution in [-0.2, 0) is 7.05 Å². The third-order valence-corrected chi connectivity index (χ3v) is 4.14. The summed E-state index contributed by atoms with van der Waals surface area (Å²) < 4.78 is 1.90. The lowest BCUT2D eigenvalue weighted by Gasteiger charge is -2.34. The normalized spacial score (nSPS) is 23.9. The Morgan fingerprint density at radius 3 is 2.83 bits per heavy atom. The molecular weight excluding hydrogens is 224 g/mol. The molecule has 4 heteroatoms. The van der Waals surface area contributed by atoms with Gasteiger partial charge in [0, 0.05) is 31.4 Å². The van der Waals surface area contributed by atoms with Crippen LogP contribution in [0.2, 0.25) is 0 Å². The largest absolute Gasteiger partial charge is 0.329 e. The maximum atomic E-state index is 6.05. The molecule has 2 unspecified atom stereocenters. The summed E-state index contributed by atoms with van der Waals surface area (Å²) in [5.74, 6) is 0. The summed E-state index contributed by atoms with van der Waals surface area (Å²) in [5.41, 5.74) is 8.46. The van der Waals surface area contributed by atoms with Crippen molar-refractivity contribution in [3.05, 3.63) is 17.5 Å². The van der Waals surface area contributed by atoms with Crippen LogP contribution in [-0.4, -0.2) is 33.8 Å². The van der Waals surface area contributed by atoms with Gasteiger partial charge in [-0.15, -0.1) is 0 Å². The van der Waals surface area contributed by atoms with Gasteiger partial charge >= 0.3 is 0 Å². The van der Waals surface area contributed by atoms with Crippen molar-refractivity contribution >= 4 is 0 Å². The number of hydrogen-bond donors (Lipinski definition) is 1. The van der Waals surface area contributed by atoms with Gasteiger partial charge in [0.2, 0.25) is 0 Å². The molecule has 102 valence electrons. The molecule has 2 N–H and O–H groups in total. The second kappa shape index (κ2) is 5.85. The predicted octanol–water partition coefficient (Wildman–Crippen LogP) is 1.99. The first-order chi connectivity index (χ1) is 8.63. The lowest BCUT2D eigenvalue weighted by molar-refractivity contribution is 0.150. The maximum absolute atomic E-state index is 6.05. The molecular formula is C14H26N4. The predicted molar refractivity (Wildman–Crippen MR) is 74.4 cm³/mol. The highest BCUT2D eigenvalue weighted by molar-refractivity contribution is 5.21. The average Bonchev–Trinajstić information content (AvgIpc) is 2.53. The van der Waals surface area contributed by atoms with E-state index in [1.165, 1.54) is 31.2 Å². The zero-order valence-electron chi connectivity index (χ0n) is 11.9. The van der Waals surface area contributed by atoms with E-state index in [4.69, 9.17) is 5.73 Å². The number of nitrogens with two attached hydrogens (primary N) is 1. The van der Waals surface area contributed by atoms with E-state index in [-0.39, 0.29) is 0 Å². The molecule has 4 nitrogen and oxygen atoms in total. The molecule has 0 aromatic carbocycles. The van der Waals surface area contributed by atoms with Gasteiger partial charge in [0.1, 0.15) is 0 Å². The van der Waals surface area contributed by atoms with Gasteiger partial charge < -0.3 is 5.73 Å². The first-order valence-corrected chi connectivity index (χ1v) is 7.09. The smallest absolute Gasteiger partial charge is 0.0641 e. The molecule has 0 radical (unpaired) electrons. The van der Waals surface area contributed by atoms with Crippen LogP contribution in [0, 0.1) is 6.92 Å². The van der Waals surface area contributed by atoms with E-state index in [0.717, 1.165) is 12.2 Å². The average molecular weight is 250 g/mol. The molecule has 1 aromatic rings. The number of likely N-dealkylation sites (tertiary alicyclic amines) is 1. The van der Waals surface area contributed by atoms with Gasteiger partial charge in [0.25, 0.3) is 0 Å². The molecule has 2 heterocycles. The minimum absolute atomic E-state index is 0.326. The molecule has 2 rings (SSSR count). The van der Waals surface area contributed by atoms with E-state index < -0.39 is 0 Å². The summed E-state index contributed by atoms with van der Waals surface area (Å²) in [6, 6.07) is 0.951. The van der Waals surface area contributed by atoms with Gasteiger partial charge in [-0.3, -0.25) is 9.58 Å². The van der Waals surface area contributed by atoms with E-state index in [2.05, 4.69) is 30.0 Å². The fraction of sp³-hybridized carbons (Fsp3) is 0.786. The number of aryl methyl sites for hydroxylation is 2. The zero-order valence-corrected chi connectivity index (χ0v) is 11.9. The molecule has 1 fully saturated rings. The van der Waals surface area contributed by atoms with Crippen molar-refractivity contribution in [2.24, 2.45) is 12.8 Å². The summed E-state index contributed by atoms with van der Waals surface area (Å²) in [4.78, 5) is 2.58. The number of nitrogens with zero attached hydrogens (tertiary/aromatic N) is 3. The molecule has 0 bridgehead atoms. The molecule has 1 saturated heterocycles. The molecule has 1 aliphatic rings. The Bertz CT molecular complexity index is 385. The lowest BCUT2D eigenvalue weighted by Crippen LogP contribution is -2.40. The van der Waals surface area contributed by atoms with Crippen LogP contribution in [0.1, 0.15) is 49.9 Å². The SMILES string of the molecule is Cc1nn(C)cc1C(CN)N1CCCCCC1C. The molecule has 0 spiro atoms. The maximum Gasteiger partial charge on any atom is 0.0641 e. The Hall–Kier alpha value is -0.870. The summed E-state index contributed by atoms with van der Waals surface area (Å²) in [6.07, 6.45) is 7.41. The van der Waals surface area contributed by atoms with E-state index in [0.29, 0.717) is 18.6 Å². The van der Waals surface area contributed by atoms with Crippen molar-refractivity contribution in [2.75, 3.05) is 13.1 Å². The molecule has 2 atom stereocenters. The highest BCUT2D eigenvalue weighted by Crippen LogP contribution is 2.28. The molecule has 0 saturated carbocycles. The second-order valence-electron chi connectivity index (χ2n) is 5.53. The van der Waals surface area contributed by atoms with Crippen LogP contribution in [0.3, 0.4) is 0 Å². The van der Waals surface area contributed by atoms with E-state index >= 15 is 0 Å². The fourth-order valence-corrected chi connectivity index (χ4v) is 3.15. The van der Waals surface area contributed by atoms with E-state index in [1.54, 1.807) is 0 Å². The van der Waals surface area contributed by atoms with Crippen molar-refractivity contribution in [1.82, 2.24) is 14.7 Å². The number of rotatable bonds is 3. The summed E-state index contributed by atoms with van der Waals surface area (Å²) in [5, 5.41) is 4.46. The lowest BCUT2D eigenvalue weighted by atomic mass is 10.0. The molecule has 1 aromatic heterocycles. The van der Waals surface area contributed by atoms with Crippen LogP contribution in [0.25, 0.3) is 0 Å². The Labute approximate surface area is 110 Å². The van der Waals surface area contributed by atoms with Gasteiger partial charge in [0.15, 0.2) is 0 Å². The summed E-state index contributed by atoms with van der Waals surface area (Å²) >= 11 is 0. The third kappa shape index (κ3) is 2.75. The van der Waals surface area contributed by atoms with Gasteiger partial charge in [-0.1, -0.05) is 12.8 Å². The fourth-order valence-electron chi connectivity index (χ4n) is 3.15. The highest BCUT2D eigenvalue weighted by Gasteiger charge is 2.27. The Balaban J connectivity index is 2.23. The van der Waals surface area contributed by atoms with Gasteiger partial charge in [-0.2, -0.15) is 5.10 Å². The minimum Gasteiger partial charge on any atom is -0.329 e. The van der Waals surface area contributed by atoms with Crippen molar-refractivity contribution in [2.45, 2.75) is 51.6 Å². The summed E-state index contributed by atoms with van der Waals surface area (Å²) in [6.45, 7) is 6.26. The van der Waals surface area contributed by atoms with Crippen LogP contribution in [0.5, 0.6) is 0 Å². The van der Waals surface area contributed by atoms with Crippen molar-refractivity contribution in [1.29, 1.82) is 0 Å². The van der Waals surface area contributed by atoms with Crippen LogP contribution in [0.4, 0.5) is 0 Å². The quantitative estimate of drug-likeness (QED) is 0.892. The molecule has 0 amide bonds. The van der Waals surface area contributed by atoms with Crippen molar-refractivity contribution in [3.8, 4) is 0 Å². The van der Waals surface area contributed by atoms with Gasteiger partial charge in [-0.05, 0) is 33.2 Å². The molecule has 1 aliphatic heterocycles.